The number of hydrogen-bond acceptors (Lipinski definition) is 5. The molecule has 1 aliphatic rings. The summed E-state index contributed by atoms with van der Waals surface area (Å²) < 4.78 is 5.24. The van der Waals surface area contributed by atoms with Crippen LogP contribution in [0.4, 0.5) is 5.69 Å². The molecule has 1 aromatic heterocycles. The van der Waals surface area contributed by atoms with E-state index in [9.17, 15) is 14.4 Å². The SMILES string of the molecule is COc1cccc(C(=O)N(Cc2cccs2)C2CC(=O)N(c3ccc(C)cc3)C2=O)c1. The van der Waals surface area contributed by atoms with E-state index in [1.54, 1.807) is 36.4 Å². The summed E-state index contributed by atoms with van der Waals surface area (Å²) in [7, 11) is 1.53. The normalized spacial score (nSPS) is 15.9. The second kappa shape index (κ2) is 8.73. The lowest BCUT2D eigenvalue weighted by molar-refractivity contribution is -0.122. The van der Waals surface area contributed by atoms with Crippen LogP contribution in [0.5, 0.6) is 5.75 Å². The van der Waals surface area contributed by atoms with Crippen LogP contribution < -0.4 is 9.64 Å². The molecule has 2 heterocycles. The highest BCUT2D eigenvalue weighted by atomic mass is 32.1. The van der Waals surface area contributed by atoms with Gasteiger partial charge in [0.25, 0.3) is 11.8 Å². The average Bonchev–Trinajstić information content (AvgIpc) is 3.40. The molecule has 1 unspecified atom stereocenters. The van der Waals surface area contributed by atoms with Crippen LogP contribution >= 0.6 is 11.3 Å². The molecule has 1 saturated heterocycles. The van der Waals surface area contributed by atoms with Crippen molar-refractivity contribution in [2.24, 2.45) is 0 Å². The summed E-state index contributed by atoms with van der Waals surface area (Å²) in [5.41, 5.74) is 1.96. The van der Waals surface area contributed by atoms with E-state index in [2.05, 4.69) is 0 Å². The quantitative estimate of drug-likeness (QED) is 0.549. The number of thiophene rings is 1. The van der Waals surface area contributed by atoms with Crippen LogP contribution in [0.25, 0.3) is 0 Å². The van der Waals surface area contributed by atoms with Crippen molar-refractivity contribution in [3.05, 3.63) is 82.0 Å². The van der Waals surface area contributed by atoms with Crippen LogP contribution in [-0.2, 0) is 16.1 Å². The number of carbonyl (C=O) groups excluding carboxylic acids is 3. The molecule has 158 valence electrons. The maximum Gasteiger partial charge on any atom is 0.257 e. The van der Waals surface area contributed by atoms with Crippen molar-refractivity contribution in [3.63, 3.8) is 0 Å². The highest BCUT2D eigenvalue weighted by Crippen LogP contribution is 2.29. The molecule has 3 aromatic rings. The minimum Gasteiger partial charge on any atom is -0.497 e. The predicted molar refractivity (Wildman–Crippen MR) is 119 cm³/mol. The van der Waals surface area contributed by atoms with Gasteiger partial charge in [-0.1, -0.05) is 29.8 Å². The van der Waals surface area contributed by atoms with Crippen LogP contribution in [0, 0.1) is 6.92 Å². The fourth-order valence-electron chi connectivity index (χ4n) is 3.64. The minimum atomic E-state index is -0.866. The molecule has 31 heavy (non-hydrogen) atoms. The molecule has 0 saturated carbocycles. The minimum absolute atomic E-state index is 0.0478. The van der Waals surface area contributed by atoms with Crippen molar-refractivity contribution < 1.29 is 19.1 Å². The second-order valence-corrected chi connectivity index (χ2v) is 8.40. The maximum absolute atomic E-state index is 13.5. The lowest BCUT2D eigenvalue weighted by Crippen LogP contribution is -2.45. The number of hydrogen-bond donors (Lipinski definition) is 0. The summed E-state index contributed by atoms with van der Waals surface area (Å²) in [5, 5.41) is 1.92. The van der Waals surface area contributed by atoms with Crippen LogP contribution in [0.2, 0.25) is 0 Å². The summed E-state index contributed by atoms with van der Waals surface area (Å²) in [6.07, 6.45) is -0.0478. The number of nitrogens with zero attached hydrogens (tertiary/aromatic N) is 2. The van der Waals surface area contributed by atoms with Gasteiger partial charge in [0.1, 0.15) is 11.8 Å². The zero-order valence-electron chi connectivity index (χ0n) is 17.3. The Labute approximate surface area is 184 Å². The molecule has 1 aliphatic heterocycles. The molecular formula is C24H22N2O4S. The molecule has 0 aliphatic carbocycles. The van der Waals surface area contributed by atoms with Gasteiger partial charge in [0.2, 0.25) is 5.91 Å². The molecule has 6 nitrogen and oxygen atoms in total. The maximum atomic E-state index is 13.5. The van der Waals surface area contributed by atoms with Crippen molar-refractivity contribution in [2.75, 3.05) is 12.0 Å². The molecule has 1 fully saturated rings. The average molecular weight is 435 g/mol. The molecule has 0 spiro atoms. The van der Waals surface area contributed by atoms with Gasteiger partial charge in [-0.2, -0.15) is 0 Å². The lowest BCUT2D eigenvalue weighted by Gasteiger charge is -2.27. The Morgan fingerprint density at radius 3 is 2.58 bits per heavy atom. The van der Waals surface area contributed by atoms with Crippen molar-refractivity contribution >= 4 is 34.7 Å². The summed E-state index contributed by atoms with van der Waals surface area (Å²) in [6, 6.07) is 17.0. The number of amides is 3. The molecule has 1 atom stereocenters. The largest absolute Gasteiger partial charge is 0.497 e. The molecule has 4 rings (SSSR count). The smallest absolute Gasteiger partial charge is 0.257 e. The Kier molecular flexibility index (Phi) is 5.86. The van der Waals surface area contributed by atoms with Gasteiger partial charge in [0, 0.05) is 10.4 Å². The van der Waals surface area contributed by atoms with Gasteiger partial charge < -0.3 is 9.64 Å². The van der Waals surface area contributed by atoms with E-state index in [0.29, 0.717) is 17.0 Å². The number of methoxy groups -OCH3 is 1. The fourth-order valence-corrected chi connectivity index (χ4v) is 4.34. The van der Waals surface area contributed by atoms with Gasteiger partial charge >= 0.3 is 0 Å². The molecule has 2 aromatic carbocycles. The van der Waals surface area contributed by atoms with E-state index in [1.807, 2.05) is 36.6 Å². The number of rotatable bonds is 6. The molecule has 0 N–H and O–H groups in total. The van der Waals surface area contributed by atoms with Gasteiger partial charge in [-0.15, -0.1) is 11.3 Å². The summed E-state index contributed by atoms with van der Waals surface area (Å²) >= 11 is 1.50. The third-order valence-electron chi connectivity index (χ3n) is 5.28. The van der Waals surface area contributed by atoms with Crippen LogP contribution in [0.15, 0.2) is 66.0 Å². The van der Waals surface area contributed by atoms with E-state index >= 15 is 0 Å². The predicted octanol–water partition coefficient (Wildman–Crippen LogP) is 4.04. The standard InChI is InChI=1S/C24H22N2O4S/c1-16-8-10-18(11-9-16)26-22(27)14-21(24(26)29)25(15-20-7-4-12-31-20)23(28)17-5-3-6-19(13-17)30-2/h3-13,21H,14-15H2,1-2H3. The van der Waals surface area contributed by atoms with Crippen molar-refractivity contribution in [3.8, 4) is 5.75 Å². The van der Waals surface area contributed by atoms with E-state index < -0.39 is 6.04 Å². The van der Waals surface area contributed by atoms with E-state index in [1.165, 1.54) is 28.2 Å². The topological polar surface area (TPSA) is 66.9 Å². The number of ether oxygens (including phenoxy) is 1. The van der Waals surface area contributed by atoms with E-state index in [-0.39, 0.29) is 30.7 Å². The van der Waals surface area contributed by atoms with Crippen LogP contribution in [0.1, 0.15) is 27.2 Å². The number of anilines is 1. The van der Waals surface area contributed by atoms with Gasteiger partial charge in [-0.25, -0.2) is 4.90 Å². The van der Waals surface area contributed by atoms with Crippen molar-refractivity contribution in [1.82, 2.24) is 4.90 Å². The first-order valence-corrected chi connectivity index (χ1v) is 10.8. The Morgan fingerprint density at radius 2 is 1.90 bits per heavy atom. The van der Waals surface area contributed by atoms with E-state index in [0.717, 1.165) is 10.4 Å². The molecule has 0 bridgehead atoms. The molecule has 7 heteroatoms. The van der Waals surface area contributed by atoms with Gasteiger partial charge in [-0.3, -0.25) is 14.4 Å². The monoisotopic (exact) mass is 434 g/mol. The number of aryl methyl sites for hydroxylation is 1. The van der Waals surface area contributed by atoms with Crippen LogP contribution in [-0.4, -0.2) is 35.8 Å². The zero-order chi connectivity index (χ0) is 22.0. The van der Waals surface area contributed by atoms with Gasteiger partial charge in [-0.05, 0) is 48.7 Å². The van der Waals surface area contributed by atoms with Crippen molar-refractivity contribution in [2.45, 2.75) is 25.9 Å². The fraction of sp³-hybridized carbons (Fsp3) is 0.208. The van der Waals surface area contributed by atoms with Crippen LogP contribution in [0.3, 0.4) is 0 Å². The lowest BCUT2D eigenvalue weighted by atomic mass is 10.1. The number of imide groups is 1. The first-order valence-electron chi connectivity index (χ1n) is 9.89. The third-order valence-corrected chi connectivity index (χ3v) is 6.14. The zero-order valence-corrected chi connectivity index (χ0v) is 18.1. The number of carbonyl (C=O) groups is 3. The first-order chi connectivity index (χ1) is 15.0. The molecular weight excluding hydrogens is 412 g/mol. The first kappa shape index (κ1) is 20.8. The molecule has 0 radical (unpaired) electrons. The van der Waals surface area contributed by atoms with Crippen molar-refractivity contribution in [1.29, 1.82) is 0 Å². The molecule has 3 amide bonds. The Morgan fingerprint density at radius 1 is 1.13 bits per heavy atom. The Hall–Kier alpha value is -3.45. The van der Waals surface area contributed by atoms with Gasteiger partial charge in [0.05, 0.1) is 25.8 Å². The second-order valence-electron chi connectivity index (χ2n) is 7.37. The Bertz CT molecular complexity index is 1110. The summed E-state index contributed by atoms with van der Waals surface area (Å²) in [6.45, 7) is 2.19. The van der Waals surface area contributed by atoms with Gasteiger partial charge in [0.15, 0.2) is 0 Å². The highest BCUT2D eigenvalue weighted by Gasteiger charge is 2.44. The van der Waals surface area contributed by atoms with E-state index in [4.69, 9.17) is 4.74 Å². The Balaban J connectivity index is 1.68. The summed E-state index contributed by atoms with van der Waals surface area (Å²) in [5.74, 6) is -0.462. The highest BCUT2D eigenvalue weighted by molar-refractivity contribution is 7.09. The number of benzene rings is 2. The third kappa shape index (κ3) is 4.22. The summed E-state index contributed by atoms with van der Waals surface area (Å²) in [4.78, 5) is 43.2.